The molecule has 0 unspecified atom stereocenters. The first-order valence-electron chi connectivity index (χ1n) is 2.16. The van der Waals surface area contributed by atoms with Gasteiger partial charge in [0.05, 0.1) is 25.4 Å². The molecule has 0 atom stereocenters. The molecule has 0 aliphatic carbocycles. The maximum Gasteiger partial charge on any atom is 0.0908 e. The summed E-state index contributed by atoms with van der Waals surface area (Å²) in [5.74, 6) is 0. The number of aliphatic hydroxyl groups is 1. The van der Waals surface area contributed by atoms with E-state index in [1.165, 1.54) is 7.11 Å². The maximum atomic E-state index is 8.27. The molecule has 0 spiro atoms. The van der Waals surface area contributed by atoms with Crippen LogP contribution in [0, 0.1) is 0 Å². The molecule has 0 aromatic carbocycles. The lowest BCUT2D eigenvalue weighted by molar-refractivity contribution is -0.447. The number of hydrogen-bond acceptors (Lipinski definition) is 5. The lowest BCUT2D eigenvalue weighted by Crippen LogP contribution is -1.83. The van der Waals surface area contributed by atoms with Gasteiger partial charge in [-0.2, -0.15) is 0 Å². The fourth-order valence-electron chi connectivity index (χ4n) is 0.117. The average Bonchev–Trinajstić information content (AvgIpc) is 1.89. The van der Waals surface area contributed by atoms with Crippen LogP contribution in [-0.2, 0) is 14.3 Å². The molecule has 4 nitrogen and oxygen atoms in total. The van der Waals surface area contributed by atoms with Crippen molar-refractivity contribution in [3.05, 3.63) is 11.2 Å². The van der Waals surface area contributed by atoms with Crippen molar-refractivity contribution in [3.63, 3.8) is 0 Å². The molecular weight excluding hydrogens is 144 g/mol. The topological polar surface area (TPSA) is 47.9 Å². The van der Waals surface area contributed by atoms with Gasteiger partial charge in [0, 0.05) is 4.91 Å². The third kappa shape index (κ3) is 5.64. The van der Waals surface area contributed by atoms with Gasteiger partial charge in [0.25, 0.3) is 0 Å². The summed E-state index contributed by atoms with van der Waals surface area (Å²) in [5.41, 5.74) is 0. The third-order valence-electron chi connectivity index (χ3n) is 0.443. The second-order valence-electron chi connectivity index (χ2n) is 1.13. The second kappa shape index (κ2) is 5.90. The molecule has 0 rings (SSSR count). The fourth-order valence-corrected chi connectivity index (χ4v) is 0.351. The van der Waals surface area contributed by atoms with Crippen molar-refractivity contribution in [1.82, 2.24) is 0 Å². The highest BCUT2D eigenvalue weighted by molar-refractivity contribution is 7.98. The number of aliphatic hydroxyl groups excluding tert-OH is 1. The zero-order valence-corrected chi connectivity index (χ0v) is 5.97. The van der Waals surface area contributed by atoms with Crippen molar-refractivity contribution in [2.75, 3.05) is 7.11 Å². The van der Waals surface area contributed by atoms with E-state index in [4.69, 9.17) is 5.11 Å². The van der Waals surface area contributed by atoms with Crippen molar-refractivity contribution < 1.29 is 19.4 Å². The van der Waals surface area contributed by atoms with Crippen molar-refractivity contribution in [1.29, 1.82) is 0 Å². The molecular formula is C4H8O4S. The van der Waals surface area contributed by atoms with Crippen LogP contribution in [0.2, 0.25) is 0 Å². The van der Waals surface area contributed by atoms with Gasteiger partial charge in [-0.05, 0) is 6.92 Å². The first kappa shape index (κ1) is 8.77. The molecule has 5 heteroatoms. The van der Waals surface area contributed by atoms with Gasteiger partial charge in [0.2, 0.25) is 0 Å². The first-order chi connectivity index (χ1) is 4.31. The van der Waals surface area contributed by atoms with Crippen LogP contribution in [0.5, 0.6) is 0 Å². The van der Waals surface area contributed by atoms with Gasteiger partial charge >= 0.3 is 0 Å². The Morgan fingerprint density at radius 2 is 2.33 bits per heavy atom. The summed E-state index contributed by atoms with van der Waals surface area (Å²) in [4.78, 5) is 4.66. The van der Waals surface area contributed by atoms with Crippen molar-refractivity contribution in [2.45, 2.75) is 6.92 Å². The van der Waals surface area contributed by atoms with Crippen LogP contribution in [0.1, 0.15) is 6.92 Å². The van der Waals surface area contributed by atoms with Gasteiger partial charge in [0.1, 0.15) is 0 Å². The Kier molecular flexibility index (Phi) is 5.75. The highest BCUT2D eigenvalue weighted by Gasteiger charge is 1.90. The van der Waals surface area contributed by atoms with Crippen molar-refractivity contribution in [2.24, 2.45) is 0 Å². The van der Waals surface area contributed by atoms with E-state index in [1.54, 1.807) is 6.92 Å². The van der Waals surface area contributed by atoms with Gasteiger partial charge in [-0.15, -0.1) is 4.33 Å². The molecule has 54 valence electrons. The van der Waals surface area contributed by atoms with Crippen LogP contribution in [0.3, 0.4) is 0 Å². The van der Waals surface area contributed by atoms with E-state index in [2.05, 4.69) is 14.3 Å². The van der Waals surface area contributed by atoms with Gasteiger partial charge in [-0.3, -0.25) is 0 Å². The average molecular weight is 152 g/mol. The van der Waals surface area contributed by atoms with Gasteiger partial charge in [-0.25, -0.2) is 4.89 Å². The largest absolute Gasteiger partial charge is 0.515 e. The van der Waals surface area contributed by atoms with Crippen LogP contribution in [0.4, 0.5) is 0 Å². The Bertz CT molecular complexity index is 92.6. The molecule has 1 N–H and O–H groups in total. The molecule has 0 saturated carbocycles. The van der Waals surface area contributed by atoms with Crippen molar-refractivity contribution >= 4 is 12.0 Å². The SMILES string of the molecule is COOOS/C(C)=C/O. The smallest absolute Gasteiger partial charge is 0.0908 e. The van der Waals surface area contributed by atoms with Crippen LogP contribution in [0.25, 0.3) is 0 Å². The summed E-state index contributed by atoms with van der Waals surface area (Å²) in [6.07, 6.45) is 0.906. The van der Waals surface area contributed by atoms with E-state index in [9.17, 15) is 0 Å². The summed E-state index contributed by atoms with van der Waals surface area (Å²) in [6, 6.07) is 0. The van der Waals surface area contributed by atoms with E-state index in [-0.39, 0.29) is 0 Å². The lowest BCUT2D eigenvalue weighted by atomic mass is 10.7. The summed E-state index contributed by atoms with van der Waals surface area (Å²) in [5, 5.41) is 12.3. The minimum absolute atomic E-state index is 0.576. The predicted molar refractivity (Wildman–Crippen MR) is 33.2 cm³/mol. The summed E-state index contributed by atoms with van der Waals surface area (Å²) < 4.78 is 4.30. The standard InChI is InChI=1S/C4H8O4S/c1-4(3-5)9-8-7-6-2/h3,5H,1-2H3/b4-3+. The molecule has 0 heterocycles. The number of allylic oxidation sites excluding steroid dienone is 1. The molecule has 0 aromatic rings. The molecule has 0 aliphatic rings. The summed E-state index contributed by atoms with van der Waals surface area (Å²) in [7, 11) is 1.32. The van der Waals surface area contributed by atoms with Gasteiger partial charge in [-0.1, -0.05) is 5.04 Å². The second-order valence-corrected chi connectivity index (χ2v) is 2.07. The molecule has 0 aromatic heterocycles. The van der Waals surface area contributed by atoms with Crippen LogP contribution in [-0.4, -0.2) is 12.2 Å². The highest BCUT2D eigenvalue weighted by atomic mass is 32.2. The Labute approximate surface area is 57.5 Å². The van der Waals surface area contributed by atoms with Crippen molar-refractivity contribution in [3.8, 4) is 0 Å². The molecule has 0 amide bonds. The summed E-state index contributed by atoms with van der Waals surface area (Å²) in [6.45, 7) is 1.66. The molecule has 0 bridgehead atoms. The first-order valence-corrected chi connectivity index (χ1v) is 2.90. The fraction of sp³-hybridized carbons (Fsp3) is 0.500. The lowest BCUT2D eigenvalue weighted by Gasteiger charge is -1.95. The molecule has 0 radical (unpaired) electrons. The summed E-state index contributed by atoms with van der Waals surface area (Å²) >= 11 is 0.865. The van der Waals surface area contributed by atoms with Gasteiger partial charge in [0.15, 0.2) is 0 Å². The maximum absolute atomic E-state index is 8.27. The normalized spacial score (nSPS) is 12.0. The quantitative estimate of drug-likeness (QED) is 0.218. The van der Waals surface area contributed by atoms with Crippen LogP contribution >= 0.6 is 12.0 Å². The molecule has 0 fully saturated rings. The molecule has 0 saturated heterocycles. The molecule has 9 heavy (non-hydrogen) atoms. The van der Waals surface area contributed by atoms with Gasteiger partial charge < -0.3 is 5.11 Å². The Balaban J connectivity index is 3.07. The Morgan fingerprint density at radius 3 is 2.78 bits per heavy atom. The van der Waals surface area contributed by atoms with E-state index < -0.39 is 0 Å². The van der Waals surface area contributed by atoms with E-state index in [0.29, 0.717) is 4.91 Å². The molecule has 0 aliphatic heterocycles. The number of rotatable bonds is 4. The monoisotopic (exact) mass is 152 g/mol. The number of hydrogen-bond donors (Lipinski definition) is 1. The minimum Gasteiger partial charge on any atom is -0.515 e. The zero-order valence-electron chi connectivity index (χ0n) is 5.16. The zero-order chi connectivity index (χ0) is 7.11. The minimum atomic E-state index is 0.576. The van der Waals surface area contributed by atoms with E-state index >= 15 is 0 Å². The third-order valence-corrected chi connectivity index (χ3v) is 0.935. The Morgan fingerprint density at radius 1 is 1.67 bits per heavy atom. The predicted octanol–water partition coefficient (Wildman–Crippen LogP) is 1.56. The Hall–Kier alpha value is -0.230. The van der Waals surface area contributed by atoms with E-state index in [0.717, 1.165) is 18.3 Å². The van der Waals surface area contributed by atoms with E-state index in [1.807, 2.05) is 0 Å². The van der Waals surface area contributed by atoms with Crippen LogP contribution in [0.15, 0.2) is 11.2 Å². The highest BCUT2D eigenvalue weighted by Crippen LogP contribution is 2.14. The van der Waals surface area contributed by atoms with Crippen LogP contribution < -0.4 is 0 Å².